The summed E-state index contributed by atoms with van der Waals surface area (Å²) in [6, 6.07) is 8.86. The van der Waals surface area contributed by atoms with Gasteiger partial charge in [-0.1, -0.05) is 25.1 Å². The Balaban J connectivity index is 1.88. The van der Waals surface area contributed by atoms with E-state index < -0.39 is 0 Å². The first-order valence-electron chi connectivity index (χ1n) is 7.31. The van der Waals surface area contributed by atoms with Gasteiger partial charge in [0.1, 0.15) is 11.4 Å². The van der Waals surface area contributed by atoms with Gasteiger partial charge in [-0.2, -0.15) is 0 Å². The van der Waals surface area contributed by atoms with E-state index >= 15 is 0 Å². The number of hydrogen-bond donors (Lipinski definition) is 1. The maximum Gasteiger partial charge on any atom is 0.117 e. The average molecular weight is 287 g/mol. The maximum atomic E-state index is 4.52. The molecule has 1 aromatic carbocycles. The van der Waals surface area contributed by atoms with Crippen LogP contribution in [-0.4, -0.2) is 28.3 Å². The lowest BCUT2D eigenvalue weighted by atomic mass is 9.87. The van der Waals surface area contributed by atoms with Crippen molar-refractivity contribution in [2.75, 3.05) is 7.05 Å². The van der Waals surface area contributed by atoms with Crippen molar-refractivity contribution >= 4 is 22.7 Å². The molecular weight excluding hydrogens is 266 g/mol. The lowest BCUT2D eigenvalue weighted by Crippen LogP contribution is -2.40. The van der Waals surface area contributed by atoms with Crippen LogP contribution in [0.5, 0.6) is 0 Å². The van der Waals surface area contributed by atoms with Crippen LogP contribution < -0.4 is 5.32 Å². The molecule has 0 amide bonds. The fourth-order valence-electron chi connectivity index (χ4n) is 3.01. The van der Waals surface area contributed by atoms with Gasteiger partial charge in [-0.3, -0.25) is 0 Å². The van der Waals surface area contributed by atoms with Gasteiger partial charge in [0.2, 0.25) is 0 Å². The molecule has 0 saturated heterocycles. The van der Waals surface area contributed by atoms with Gasteiger partial charge in [0, 0.05) is 16.7 Å². The third kappa shape index (κ3) is 2.81. The summed E-state index contributed by atoms with van der Waals surface area (Å²) in [5.41, 5.74) is 1.04. The highest BCUT2D eigenvalue weighted by molar-refractivity contribution is 8.00. The minimum atomic E-state index is 0.588. The molecule has 3 atom stereocenters. The Bertz CT molecular complexity index is 581. The first-order valence-corrected chi connectivity index (χ1v) is 8.19. The SMILES string of the molecule is CNC1CCC(C)CC1Sc1ncnc2ccccc12. The zero-order valence-corrected chi connectivity index (χ0v) is 12.9. The van der Waals surface area contributed by atoms with Crippen molar-refractivity contribution in [3.63, 3.8) is 0 Å². The van der Waals surface area contributed by atoms with Gasteiger partial charge in [-0.15, -0.1) is 11.8 Å². The molecule has 3 rings (SSSR count). The molecule has 0 radical (unpaired) electrons. The quantitative estimate of drug-likeness (QED) is 0.877. The first kappa shape index (κ1) is 13.8. The number of benzene rings is 1. The normalized spacial score (nSPS) is 26.8. The average Bonchev–Trinajstić information content (AvgIpc) is 2.48. The number of rotatable bonds is 3. The van der Waals surface area contributed by atoms with Gasteiger partial charge in [0.15, 0.2) is 0 Å². The zero-order valence-electron chi connectivity index (χ0n) is 12.0. The van der Waals surface area contributed by atoms with Crippen molar-refractivity contribution in [2.24, 2.45) is 5.92 Å². The number of nitrogens with one attached hydrogen (secondary N) is 1. The van der Waals surface area contributed by atoms with Crippen LogP contribution in [0.15, 0.2) is 35.6 Å². The summed E-state index contributed by atoms with van der Waals surface area (Å²) in [5.74, 6) is 0.810. The van der Waals surface area contributed by atoms with Gasteiger partial charge in [0.05, 0.1) is 5.52 Å². The predicted molar refractivity (Wildman–Crippen MR) is 85.0 cm³/mol. The second kappa shape index (κ2) is 6.10. The number of thioether (sulfide) groups is 1. The molecule has 0 spiro atoms. The van der Waals surface area contributed by atoms with E-state index in [0.29, 0.717) is 11.3 Å². The van der Waals surface area contributed by atoms with E-state index in [2.05, 4.69) is 47.5 Å². The fourth-order valence-corrected chi connectivity index (χ4v) is 4.56. The molecule has 106 valence electrons. The Morgan fingerprint density at radius 2 is 2.05 bits per heavy atom. The number of aromatic nitrogens is 2. The van der Waals surface area contributed by atoms with Gasteiger partial charge in [0.25, 0.3) is 0 Å². The van der Waals surface area contributed by atoms with Crippen molar-refractivity contribution in [3.8, 4) is 0 Å². The third-order valence-corrected chi connectivity index (χ3v) is 5.57. The minimum absolute atomic E-state index is 0.588. The smallest absolute Gasteiger partial charge is 0.117 e. The molecule has 0 aliphatic heterocycles. The number of fused-ring (bicyclic) bond motifs is 1. The minimum Gasteiger partial charge on any atom is -0.316 e. The summed E-state index contributed by atoms with van der Waals surface area (Å²) in [6.45, 7) is 2.36. The molecule has 1 N–H and O–H groups in total. The third-order valence-electron chi connectivity index (χ3n) is 4.19. The van der Waals surface area contributed by atoms with E-state index in [1.807, 2.05) is 17.8 Å². The van der Waals surface area contributed by atoms with Crippen LogP contribution in [-0.2, 0) is 0 Å². The standard InChI is InChI=1S/C16H21N3S/c1-11-7-8-14(17-2)15(9-11)20-16-12-5-3-4-6-13(12)18-10-19-16/h3-6,10-11,14-15,17H,7-9H2,1-2H3. The summed E-state index contributed by atoms with van der Waals surface area (Å²) >= 11 is 1.92. The lowest BCUT2D eigenvalue weighted by Gasteiger charge is -2.34. The van der Waals surface area contributed by atoms with Crippen LogP contribution in [0.25, 0.3) is 10.9 Å². The molecule has 1 fully saturated rings. The van der Waals surface area contributed by atoms with Crippen molar-refractivity contribution in [1.82, 2.24) is 15.3 Å². The lowest BCUT2D eigenvalue weighted by molar-refractivity contribution is 0.329. The Morgan fingerprint density at radius 1 is 1.20 bits per heavy atom. The van der Waals surface area contributed by atoms with Crippen molar-refractivity contribution in [3.05, 3.63) is 30.6 Å². The maximum absolute atomic E-state index is 4.52. The first-order chi connectivity index (χ1) is 9.78. The van der Waals surface area contributed by atoms with E-state index in [-0.39, 0.29) is 0 Å². The molecule has 1 aromatic heterocycles. The van der Waals surface area contributed by atoms with Gasteiger partial charge >= 0.3 is 0 Å². The Labute approximate surface area is 124 Å². The molecule has 1 saturated carbocycles. The summed E-state index contributed by atoms with van der Waals surface area (Å²) in [5, 5.41) is 6.37. The Hall–Kier alpha value is -1.13. The predicted octanol–water partition coefficient (Wildman–Crippen LogP) is 3.50. The molecular formula is C16H21N3S. The largest absolute Gasteiger partial charge is 0.316 e. The molecule has 4 heteroatoms. The summed E-state index contributed by atoms with van der Waals surface area (Å²) in [7, 11) is 2.08. The van der Waals surface area contributed by atoms with E-state index in [4.69, 9.17) is 0 Å². The summed E-state index contributed by atoms with van der Waals surface area (Å²) in [4.78, 5) is 8.87. The van der Waals surface area contributed by atoms with Crippen molar-refractivity contribution in [2.45, 2.75) is 42.5 Å². The van der Waals surface area contributed by atoms with Crippen LogP contribution in [0.1, 0.15) is 26.2 Å². The fraction of sp³-hybridized carbons (Fsp3) is 0.500. The van der Waals surface area contributed by atoms with Crippen molar-refractivity contribution in [1.29, 1.82) is 0 Å². The molecule has 0 bridgehead atoms. The van der Waals surface area contributed by atoms with Crippen LogP contribution in [0.3, 0.4) is 0 Å². The van der Waals surface area contributed by atoms with E-state index in [0.717, 1.165) is 16.5 Å². The highest BCUT2D eigenvalue weighted by Gasteiger charge is 2.29. The number of hydrogen-bond acceptors (Lipinski definition) is 4. The second-order valence-corrected chi connectivity index (χ2v) is 6.89. The summed E-state index contributed by atoms with van der Waals surface area (Å²) in [6.07, 6.45) is 5.53. The van der Waals surface area contributed by atoms with Crippen molar-refractivity contribution < 1.29 is 0 Å². The number of nitrogens with zero attached hydrogens (tertiary/aromatic N) is 2. The van der Waals surface area contributed by atoms with Crippen LogP contribution in [0, 0.1) is 5.92 Å². The molecule has 1 aliphatic rings. The van der Waals surface area contributed by atoms with E-state index in [9.17, 15) is 0 Å². The van der Waals surface area contributed by atoms with E-state index in [1.165, 1.54) is 24.6 Å². The van der Waals surface area contributed by atoms with Gasteiger partial charge < -0.3 is 5.32 Å². The molecule has 3 unspecified atom stereocenters. The van der Waals surface area contributed by atoms with Gasteiger partial charge in [-0.25, -0.2) is 9.97 Å². The summed E-state index contributed by atoms with van der Waals surface area (Å²) < 4.78 is 0. The van der Waals surface area contributed by atoms with Crippen LogP contribution in [0.4, 0.5) is 0 Å². The number of para-hydroxylation sites is 1. The monoisotopic (exact) mass is 287 g/mol. The van der Waals surface area contributed by atoms with E-state index in [1.54, 1.807) is 6.33 Å². The van der Waals surface area contributed by atoms with Crippen LogP contribution >= 0.6 is 11.8 Å². The molecule has 1 heterocycles. The second-order valence-electron chi connectivity index (χ2n) is 5.67. The van der Waals surface area contributed by atoms with Crippen LogP contribution in [0.2, 0.25) is 0 Å². The molecule has 1 aliphatic carbocycles. The highest BCUT2D eigenvalue weighted by atomic mass is 32.2. The highest BCUT2D eigenvalue weighted by Crippen LogP contribution is 2.37. The Morgan fingerprint density at radius 3 is 2.90 bits per heavy atom. The Kier molecular flexibility index (Phi) is 4.22. The molecule has 3 nitrogen and oxygen atoms in total. The topological polar surface area (TPSA) is 37.8 Å². The molecule has 2 aromatic rings. The molecule has 20 heavy (non-hydrogen) atoms. The van der Waals surface area contributed by atoms with Gasteiger partial charge in [-0.05, 0) is 38.3 Å². The zero-order chi connectivity index (χ0) is 13.9.